The summed E-state index contributed by atoms with van der Waals surface area (Å²) < 4.78 is 4.91. The molecule has 1 aliphatic rings. The van der Waals surface area contributed by atoms with E-state index in [9.17, 15) is 9.59 Å². The van der Waals surface area contributed by atoms with Crippen molar-refractivity contribution in [1.82, 2.24) is 15.2 Å². The average Bonchev–Trinajstić information content (AvgIpc) is 3.26. The van der Waals surface area contributed by atoms with Gasteiger partial charge in [-0.25, -0.2) is 9.78 Å². The van der Waals surface area contributed by atoms with E-state index in [4.69, 9.17) is 4.74 Å². The van der Waals surface area contributed by atoms with Gasteiger partial charge in [-0.15, -0.1) is 11.3 Å². The lowest BCUT2D eigenvalue weighted by molar-refractivity contribution is 0.0681. The summed E-state index contributed by atoms with van der Waals surface area (Å²) in [5, 5.41) is 9.49. The van der Waals surface area contributed by atoms with Gasteiger partial charge in [-0.3, -0.25) is 4.79 Å². The number of amides is 2. The van der Waals surface area contributed by atoms with E-state index in [1.165, 1.54) is 11.3 Å². The van der Waals surface area contributed by atoms with Gasteiger partial charge in [0.2, 0.25) is 0 Å². The SMILES string of the molecule is CCOC(=O)N[C@H]1CCCN(C(=O)c2csc(-c3ccsc3)n2)C1. The van der Waals surface area contributed by atoms with Gasteiger partial charge < -0.3 is 15.0 Å². The highest BCUT2D eigenvalue weighted by atomic mass is 32.1. The van der Waals surface area contributed by atoms with Crippen LogP contribution in [0.25, 0.3) is 10.6 Å². The number of alkyl carbamates (subject to hydrolysis) is 1. The van der Waals surface area contributed by atoms with Gasteiger partial charge in [-0.1, -0.05) is 0 Å². The van der Waals surface area contributed by atoms with Crippen molar-refractivity contribution in [1.29, 1.82) is 0 Å². The number of nitrogens with zero attached hydrogens (tertiary/aromatic N) is 2. The molecule has 1 saturated heterocycles. The van der Waals surface area contributed by atoms with Crippen LogP contribution in [0.15, 0.2) is 22.2 Å². The maximum absolute atomic E-state index is 12.7. The molecule has 128 valence electrons. The summed E-state index contributed by atoms with van der Waals surface area (Å²) in [6.07, 6.45) is 1.27. The molecule has 3 rings (SSSR count). The van der Waals surface area contributed by atoms with E-state index in [1.807, 2.05) is 16.8 Å². The molecule has 24 heavy (non-hydrogen) atoms. The predicted molar refractivity (Wildman–Crippen MR) is 94.5 cm³/mol. The van der Waals surface area contributed by atoms with Gasteiger partial charge in [0, 0.05) is 35.5 Å². The molecular weight excluding hydrogens is 346 g/mol. The zero-order valence-corrected chi connectivity index (χ0v) is 15.0. The fraction of sp³-hybridized carbons (Fsp3) is 0.438. The zero-order valence-electron chi connectivity index (χ0n) is 13.4. The number of nitrogens with one attached hydrogen (secondary N) is 1. The quantitative estimate of drug-likeness (QED) is 0.903. The minimum Gasteiger partial charge on any atom is -0.450 e. The first-order valence-corrected chi connectivity index (χ1v) is 9.70. The van der Waals surface area contributed by atoms with Crippen LogP contribution in [0, 0.1) is 0 Å². The molecule has 3 heterocycles. The van der Waals surface area contributed by atoms with Crippen molar-refractivity contribution >= 4 is 34.7 Å². The van der Waals surface area contributed by atoms with E-state index in [2.05, 4.69) is 10.3 Å². The highest BCUT2D eigenvalue weighted by molar-refractivity contribution is 7.14. The predicted octanol–water partition coefficient (Wildman–Crippen LogP) is 3.22. The van der Waals surface area contributed by atoms with Crippen LogP contribution in [0.4, 0.5) is 4.79 Å². The fourth-order valence-electron chi connectivity index (χ4n) is 2.67. The number of thiophene rings is 1. The van der Waals surface area contributed by atoms with Crippen LogP contribution in [0.1, 0.15) is 30.3 Å². The molecule has 0 unspecified atom stereocenters. The highest BCUT2D eigenvalue weighted by Gasteiger charge is 2.27. The van der Waals surface area contributed by atoms with Crippen LogP contribution in [-0.2, 0) is 4.74 Å². The van der Waals surface area contributed by atoms with E-state index >= 15 is 0 Å². The van der Waals surface area contributed by atoms with Gasteiger partial charge in [-0.05, 0) is 31.2 Å². The van der Waals surface area contributed by atoms with Gasteiger partial charge >= 0.3 is 6.09 Å². The lowest BCUT2D eigenvalue weighted by Gasteiger charge is -2.32. The minimum absolute atomic E-state index is 0.0725. The second-order valence-electron chi connectivity index (χ2n) is 5.51. The molecule has 0 bridgehead atoms. The Labute approximate surface area is 148 Å². The first kappa shape index (κ1) is 16.9. The summed E-state index contributed by atoms with van der Waals surface area (Å²) in [6.45, 7) is 3.28. The number of carbonyl (C=O) groups excluding carboxylic acids is 2. The Hall–Kier alpha value is -1.93. The smallest absolute Gasteiger partial charge is 0.407 e. The van der Waals surface area contributed by atoms with Crippen LogP contribution in [0.2, 0.25) is 0 Å². The Kier molecular flexibility index (Phi) is 5.47. The van der Waals surface area contributed by atoms with Crippen molar-refractivity contribution in [3.8, 4) is 10.6 Å². The molecule has 6 nitrogen and oxygen atoms in total. The molecule has 0 spiro atoms. The molecule has 0 radical (unpaired) electrons. The lowest BCUT2D eigenvalue weighted by Crippen LogP contribution is -2.49. The lowest BCUT2D eigenvalue weighted by atomic mass is 10.1. The Morgan fingerprint density at radius 1 is 1.46 bits per heavy atom. The van der Waals surface area contributed by atoms with Crippen molar-refractivity contribution in [3.63, 3.8) is 0 Å². The van der Waals surface area contributed by atoms with Crippen molar-refractivity contribution < 1.29 is 14.3 Å². The average molecular weight is 365 g/mol. The van der Waals surface area contributed by atoms with Gasteiger partial charge in [0.15, 0.2) is 0 Å². The number of ether oxygens (including phenoxy) is 1. The summed E-state index contributed by atoms with van der Waals surface area (Å²) in [6, 6.07) is 1.93. The fourth-order valence-corrected chi connectivity index (χ4v) is 4.18. The van der Waals surface area contributed by atoms with Gasteiger partial charge in [-0.2, -0.15) is 11.3 Å². The Morgan fingerprint density at radius 2 is 2.33 bits per heavy atom. The maximum Gasteiger partial charge on any atom is 0.407 e. The molecular formula is C16H19N3O3S2. The van der Waals surface area contributed by atoms with Gasteiger partial charge in [0.1, 0.15) is 10.7 Å². The normalized spacial score (nSPS) is 17.5. The van der Waals surface area contributed by atoms with E-state index in [0.717, 1.165) is 23.4 Å². The Bertz CT molecular complexity index is 699. The van der Waals surface area contributed by atoms with E-state index in [1.54, 1.807) is 28.5 Å². The van der Waals surface area contributed by atoms with Crippen LogP contribution < -0.4 is 5.32 Å². The maximum atomic E-state index is 12.7. The molecule has 0 aromatic carbocycles. The number of rotatable bonds is 4. The summed E-state index contributed by atoms with van der Waals surface area (Å²) >= 11 is 3.09. The van der Waals surface area contributed by atoms with Crippen molar-refractivity contribution in [3.05, 3.63) is 27.9 Å². The molecule has 0 saturated carbocycles. The monoisotopic (exact) mass is 365 g/mol. The third kappa shape index (κ3) is 3.93. The standard InChI is InChI=1S/C16H19N3O3S2/c1-2-22-16(21)17-12-4-3-6-19(8-12)15(20)13-10-24-14(18-13)11-5-7-23-9-11/h5,7,9-10,12H,2-4,6,8H2,1H3,(H,17,21)/t12-/m0/s1. The number of aromatic nitrogens is 1. The van der Waals surface area contributed by atoms with Gasteiger partial charge in [0.25, 0.3) is 5.91 Å². The minimum atomic E-state index is -0.426. The molecule has 8 heteroatoms. The molecule has 0 aliphatic carbocycles. The van der Waals surface area contributed by atoms with Crippen molar-refractivity contribution in [2.24, 2.45) is 0 Å². The molecule has 1 atom stereocenters. The van der Waals surface area contributed by atoms with Crippen LogP contribution in [-0.4, -0.2) is 47.6 Å². The number of hydrogen-bond acceptors (Lipinski definition) is 6. The first-order valence-electron chi connectivity index (χ1n) is 7.88. The number of carbonyl (C=O) groups is 2. The number of likely N-dealkylation sites (tertiary alicyclic amines) is 1. The largest absolute Gasteiger partial charge is 0.450 e. The van der Waals surface area contributed by atoms with Crippen molar-refractivity contribution in [2.75, 3.05) is 19.7 Å². The molecule has 2 amide bonds. The Balaban J connectivity index is 1.63. The van der Waals surface area contributed by atoms with E-state index < -0.39 is 6.09 Å². The molecule has 2 aromatic heterocycles. The number of hydrogen-bond donors (Lipinski definition) is 1. The summed E-state index contributed by atoms with van der Waals surface area (Å²) in [7, 11) is 0. The zero-order chi connectivity index (χ0) is 16.9. The van der Waals surface area contributed by atoms with E-state index in [0.29, 0.717) is 25.4 Å². The summed E-state index contributed by atoms with van der Waals surface area (Å²) in [5.41, 5.74) is 1.52. The topological polar surface area (TPSA) is 71.5 Å². The molecule has 1 aliphatic heterocycles. The second kappa shape index (κ2) is 7.76. The first-order chi connectivity index (χ1) is 11.7. The number of piperidine rings is 1. The third-order valence-electron chi connectivity index (χ3n) is 3.80. The summed E-state index contributed by atoms with van der Waals surface area (Å²) in [5.74, 6) is -0.0805. The third-order valence-corrected chi connectivity index (χ3v) is 5.37. The highest BCUT2D eigenvalue weighted by Crippen LogP contribution is 2.26. The van der Waals surface area contributed by atoms with E-state index in [-0.39, 0.29) is 11.9 Å². The molecule has 1 fully saturated rings. The molecule has 2 aromatic rings. The second-order valence-corrected chi connectivity index (χ2v) is 7.14. The summed E-state index contributed by atoms with van der Waals surface area (Å²) in [4.78, 5) is 30.4. The number of thiazole rings is 1. The van der Waals surface area contributed by atoms with Gasteiger partial charge in [0.05, 0.1) is 6.61 Å². The van der Waals surface area contributed by atoms with Crippen molar-refractivity contribution in [2.45, 2.75) is 25.8 Å². The Morgan fingerprint density at radius 3 is 3.08 bits per heavy atom. The van der Waals surface area contributed by atoms with Crippen LogP contribution in [0.5, 0.6) is 0 Å². The molecule has 1 N–H and O–H groups in total. The van der Waals surface area contributed by atoms with Crippen LogP contribution >= 0.6 is 22.7 Å². The van der Waals surface area contributed by atoms with Crippen LogP contribution in [0.3, 0.4) is 0 Å².